The zero-order valence-corrected chi connectivity index (χ0v) is 7.23. The summed E-state index contributed by atoms with van der Waals surface area (Å²) in [7, 11) is 1.33. The number of methoxy groups -OCH3 is 1. The van der Waals surface area contributed by atoms with E-state index in [1.807, 2.05) is 0 Å². The second kappa shape index (κ2) is 3.14. The Balaban J connectivity index is 2.12. The lowest BCUT2D eigenvalue weighted by molar-refractivity contribution is 0.0594. The number of hydrogen-bond acceptors (Lipinski definition) is 5. The Hall–Kier alpha value is -1.43. The quantitative estimate of drug-likeness (QED) is 0.607. The van der Waals surface area contributed by atoms with Crippen LogP contribution in [0.5, 0.6) is 0 Å². The molecule has 0 unspecified atom stereocenters. The molecule has 0 radical (unpaired) electrons. The molecular weight excluding hydrogens is 172 g/mol. The van der Waals surface area contributed by atoms with Crippen molar-refractivity contribution in [2.75, 3.05) is 20.2 Å². The molecule has 6 heteroatoms. The Morgan fingerprint density at radius 2 is 2.54 bits per heavy atom. The van der Waals surface area contributed by atoms with Crippen LogP contribution in [0.2, 0.25) is 0 Å². The van der Waals surface area contributed by atoms with Crippen molar-refractivity contribution < 1.29 is 9.53 Å². The Bertz CT molecular complexity index is 318. The van der Waals surface area contributed by atoms with Crippen LogP contribution in [0.4, 0.5) is 0 Å². The molecule has 1 aliphatic heterocycles. The van der Waals surface area contributed by atoms with Gasteiger partial charge in [-0.15, -0.1) is 5.10 Å². The monoisotopic (exact) mass is 182 g/mol. The van der Waals surface area contributed by atoms with E-state index in [0.717, 1.165) is 13.1 Å². The van der Waals surface area contributed by atoms with Gasteiger partial charge in [-0.25, -0.2) is 9.48 Å². The number of rotatable bonds is 2. The van der Waals surface area contributed by atoms with E-state index >= 15 is 0 Å². The largest absolute Gasteiger partial charge is 0.464 e. The van der Waals surface area contributed by atoms with Gasteiger partial charge >= 0.3 is 5.97 Å². The maximum atomic E-state index is 11.0. The molecular formula is C7H10N4O2. The first kappa shape index (κ1) is 8.18. The van der Waals surface area contributed by atoms with E-state index in [0.29, 0.717) is 6.04 Å². The molecule has 1 saturated heterocycles. The van der Waals surface area contributed by atoms with Crippen molar-refractivity contribution in [2.24, 2.45) is 0 Å². The van der Waals surface area contributed by atoms with Crippen molar-refractivity contribution in [2.45, 2.75) is 6.04 Å². The van der Waals surface area contributed by atoms with Gasteiger partial charge in [-0.2, -0.15) is 0 Å². The number of carbonyl (C=O) groups is 1. The van der Waals surface area contributed by atoms with E-state index in [9.17, 15) is 4.79 Å². The molecule has 0 saturated carbocycles. The molecule has 0 aromatic carbocycles. The minimum atomic E-state index is -0.446. The number of ether oxygens (including phenoxy) is 1. The van der Waals surface area contributed by atoms with Crippen LogP contribution in [0.1, 0.15) is 16.5 Å². The van der Waals surface area contributed by atoms with Crippen molar-refractivity contribution in [1.82, 2.24) is 20.3 Å². The first-order valence-corrected chi connectivity index (χ1v) is 4.02. The van der Waals surface area contributed by atoms with Crippen LogP contribution in [-0.4, -0.2) is 41.2 Å². The molecule has 1 aliphatic rings. The van der Waals surface area contributed by atoms with E-state index < -0.39 is 5.97 Å². The molecule has 0 bridgehead atoms. The molecule has 0 atom stereocenters. The number of aromatic nitrogens is 3. The summed E-state index contributed by atoms with van der Waals surface area (Å²) < 4.78 is 6.19. The lowest BCUT2D eigenvalue weighted by Crippen LogP contribution is -2.43. The van der Waals surface area contributed by atoms with E-state index in [-0.39, 0.29) is 5.69 Å². The molecule has 1 fully saturated rings. The maximum absolute atomic E-state index is 11.0. The number of carbonyl (C=O) groups excluding carboxylic acids is 1. The summed E-state index contributed by atoms with van der Waals surface area (Å²) in [4.78, 5) is 11.0. The van der Waals surface area contributed by atoms with Gasteiger partial charge in [-0.05, 0) is 0 Å². The molecule has 6 nitrogen and oxygen atoms in total. The second-order valence-electron chi connectivity index (χ2n) is 2.89. The summed E-state index contributed by atoms with van der Waals surface area (Å²) >= 11 is 0. The number of hydrogen-bond donors (Lipinski definition) is 1. The van der Waals surface area contributed by atoms with Crippen molar-refractivity contribution in [3.05, 3.63) is 11.9 Å². The average Bonchev–Trinajstić information content (AvgIpc) is 2.49. The first-order valence-electron chi connectivity index (χ1n) is 4.02. The molecule has 1 N–H and O–H groups in total. The number of nitrogens with one attached hydrogen (secondary N) is 1. The summed E-state index contributed by atoms with van der Waals surface area (Å²) in [6, 6.07) is 0.325. The molecule has 13 heavy (non-hydrogen) atoms. The van der Waals surface area contributed by atoms with Gasteiger partial charge in [-0.1, -0.05) is 5.21 Å². The fourth-order valence-electron chi connectivity index (χ4n) is 1.11. The molecule has 0 amide bonds. The fourth-order valence-corrected chi connectivity index (χ4v) is 1.11. The summed E-state index contributed by atoms with van der Waals surface area (Å²) in [5, 5.41) is 10.6. The van der Waals surface area contributed by atoms with E-state index in [1.54, 1.807) is 10.9 Å². The van der Waals surface area contributed by atoms with E-state index in [2.05, 4.69) is 20.4 Å². The zero-order valence-electron chi connectivity index (χ0n) is 7.23. The van der Waals surface area contributed by atoms with Gasteiger partial charge in [0, 0.05) is 13.1 Å². The topological polar surface area (TPSA) is 69.0 Å². The van der Waals surface area contributed by atoms with Crippen LogP contribution in [0.25, 0.3) is 0 Å². The number of nitrogens with zero attached hydrogens (tertiary/aromatic N) is 3. The smallest absolute Gasteiger partial charge is 0.360 e. The van der Waals surface area contributed by atoms with Crippen molar-refractivity contribution in [3.8, 4) is 0 Å². The van der Waals surface area contributed by atoms with Gasteiger partial charge in [0.1, 0.15) is 0 Å². The van der Waals surface area contributed by atoms with E-state index in [4.69, 9.17) is 0 Å². The van der Waals surface area contributed by atoms with Gasteiger partial charge in [0.2, 0.25) is 0 Å². The minimum Gasteiger partial charge on any atom is -0.464 e. The molecule has 70 valence electrons. The Morgan fingerprint density at radius 3 is 3.08 bits per heavy atom. The third kappa shape index (κ3) is 1.40. The molecule has 2 heterocycles. The normalized spacial score (nSPS) is 16.7. The highest BCUT2D eigenvalue weighted by Crippen LogP contribution is 2.09. The Kier molecular flexibility index (Phi) is 1.97. The predicted molar refractivity (Wildman–Crippen MR) is 43.3 cm³/mol. The lowest BCUT2D eigenvalue weighted by atomic mass is 10.2. The predicted octanol–water partition coefficient (Wildman–Crippen LogP) is -0.791. The average molecular weight is 182 g/mol. The third-order valence-electron chi connectivity index (χ3n) is 2.04. The second-order valence-corrected chi connectivity index (χ2v) is 2.89. The summed E-state index contributed by atoms with van der Waals surface area (Å²) in [6.07, 6.45) is 1.61. The summed E-state index contributed by atoms with van der Waals surface area (Å²) in [5.41, 5.74) is 0.259. The molecule has 0 aliphatic carbocycles. The summed E-state index contributed by atoms with van der Waals surface area (Å²) in [6.45, 7) is 1.76. The minimum absolute atomic E-state index is 0.259. The van der Waals surface area contributed by atoms with Gasteiger partial charge in [0.15, 0.2) is 5.69 Å². The maximum Gasteiger partial charge on any atom is 0.360 e. The van der Waals surface area contributed by atoms with Crippen LogP contribution in [0, 0.1) is 0 Å². The highest BCUT2D eigenvalue weighted by atomic mass is 16.5. The molecule has 0 spiro atoms. The number of esters is 1. The van der Waals surface area contributed by atoms with Gasteiger partial charge in [-0.3, -0.25) is 0 Å². The zero-order chi connectivity index (χ0) is 9.26. The first-order chi connectivity index (χ1) is 6.31. The van der Waals surface area contributed by atoms with Crippen LogP contribution in [-0.2, 0) is 4.74 Å². The highest BCUT2D eigenvalue weighted by Gasteiger charge is 2.21. The van der Waals surface area contributed by atoms with Crippen LogP contribution < -0.4 is 5.32 Å². The van der Waals surface area contributed by atoms with Crippen LogP contribution in [0.3, 0.4) is 0 Å². The highest BCUT2D eigenvalue weighted by molar-refractivity contribution is 5.86. The lowest BCUT2D eigenvalue weighted by Gasteiger charge is -2.26. The van der Waals surface area contributed by atoms with Crippen molar-refractivity contribution in [3.63, 3.8) is 0 Å². The molecule has 2 rings (SSSR count). The van der Waals surface area contributed by atoms with Gasteiger partial charge in [0.25, 0.3) is 0 Å². The van der Waals surface area contributed by atoms with Gasteiger partial charge < -0.3 is 10.1 Å². The van der Waals surface area contributed by atoms with E-state index in [1.165, 1.54) is 7.11 Å². The SMILES string of the molecule is COC(=O)c1cn(C2CNC2)nn1. The van der Waals surface area contributed by atoms with Crippen molar-refractivity contribution >= 4 is 5.97 Å². The van der Waals surface area contributed by atoms with Gasteiger partial charge in [0.05, 0.1) is 19.3 Å². The third-order valence-corrected chi connectivity index (χ3v) is 2.04. The van der Waals surface area contributed by atoms with Crippen LogP contribution in [0.15, 0.2) is 6.20 Å². The Labute approximate surface area is 74.9 Å². The van der Waals surface area contributed by atoms with Crippen molar-refractivity contribution in [1.29, 1.82) is 0 Å². The standard InChI is InChI=1S/C7H10N4O2/c1-13-7(12)6-4-11(10-9-6)5-2-8-3-5/h4-5,8H,2-3H2,1H3. The fraction of sp³-hybridized carbons (Fsp3) is 0.571. The molecule has 1 aromatic heterocycles. The molecule has 1 aromatic rings. The van der Waals surface area contributed by atoms with Crippen LogP contribution >= 0.6 is 0 Å². The summed E-state index contributed by atoms with van der Waals surface area (Å²) in [5.74, 6) is -0.446. The Morgan fingerprint density at radius 1 is 1.77 bits per heavy atom.